The number of thioether (sulfide) groups is 1. The second kappa shape index (κ2) is 3.25. The maximum Gasteiger partial charge on any atom is 0.217 e. The Labute approximate surface area is 64.2 Å². The molecule has 0 bridgehead atoms. The van der Waals surface area contributed by atoms with Gasteiger partial charge in [0.2, 0.25) is 5.91 Å². The molecule has 2 atom stereocenters. The van der Waals surface area contributed by atoms with E-state index in [4.69, 9.17) is 0 Å². The quantitative estimate of drug-likeness (QED) is 0.566. The average Bonchev–Trinajstić information content (AvgIpc) is 2.15. The molecule has 0 aliphatic carbocycles. The Kier molecular flexibility index (Phi) is 2.56. The molecule has 0 radical (unpaired) electrons. The fourth-order valence-electron chi connectivity index (χ4n) is 0.979. The van der Waals surface area contributed by atoms with Crippen LogP contribution in [0.4, 0.5) is 0 Å². The van der Waals surface area contributed by atoms with E-state index in [1.54, 1.807) is 0 Å². The predicted octanol–water partition coefficient (Wildman–Crippen LogP) is -0.0536. The highest BCUT2D eigenvalue weighted by Crippen LogP contribution is 2.23. The Hall–Kier alpha value is -0.220. The van der Waals surface area contributed by atoms with Crippen LogP contribution in [-0.4, -0.2) is 28.2 Å². The van der Waals surface area contributed by atoms with Gasteiger partial charge in [0.05, 0.1) is 6.04 Å². The molecule has 1 heterocycles. The van der Waals surface area contributed by atoms with Crippen molar-refractivity contribution in [3.8, 4) is 0 Å². The van der Waals surface area contributed by atoms with Crippen LogP contribution in [0, 0.1) is 0 Å². The Bertz CT molecular complexity index is 140. The Morgan fingerprint density at radius 1 is 1.80 bits per heavy atom. The van der Waals surface area contributed by atoms with Crippen LogP contribution in [-0.2, 0) is 4.79 Å². The van der Waals surface area contributed by atoms with Crippen molar-refractivity contribution in [3.63, 3.8) is 0 Å². The molecule has 0 spiro atoms. The highest BCUT2D eigenvalue weighted by molar-refractivity contribution is 8.00. The van der Waals surface area contributed by atoms with E-state index in [0.29, 0.717) is 0 Å². The van der Waals surface area contributed by atoms with Gasteiger partial charge in [-0.3, -0.25) is 4.79 Å². The molecule has 0 saturated carbocycles. The lowest BCUT2D eigenvalue weighted by Crippen LogP contribution is -2.37. The van der Waals surface area contributed by atoms with Crippen LogP contribution in [0.2, 0.25) is 0 Å². The summed E-state index contributed by atoms with van der Waals surface area (Å²) < 4.78 is 0. The first-order valence-corrected chi connectivity index (χ1v) is 4.32. The van der Waals surface area contributed by atoms with Crippen LogP contribution in [0.15, 0.2) is 0 Å². The van der Waals surface area contributed by atoms with E-state index in [-0.39, 0.29) is 11.9 Å². The van der Waals surface area contributed by atoms with Gasteiger partial charge in [-0.2, -0.15) is 0 Å². The highest BCUT2D eigenvalue weighted by atomic mass is 32.2. The van der Waals surface area contributed by atoms with E-state index in [2.05, 4.69) is 5.32 Å². The lowest BCUT2D eigenvalue weighted by molar-refractivity contribution is -0.120. The zero-order chi connectivity index (χ0) is 7.56. The van der Waals surface area contributed by atoms with Crippen molar-refractivity contribution in [1.29, 1.82) is 0 Å². The van der Waals surface area contributed by atoms with Crippen LogP contribution in [0.5, 0.6) is 0 Å². The molecule has 2 N–H and O–H groups in total. The maximum atomic E-state index is 10.5. The molecule has 1 fully saturated rings. The summed E-state index contributed by atoms with van der Waals surface area (Å²) in [5.74, 6) is 0.873. The molecule has 58 valence electrons. The summed E-state index contributed by atoms with van der Waals surface area (Å²) in [7, 11) is 0. The van der Waals surface area contributed by atoms with Gasteiger partial charge in [0, 0.05) is 6.92 Å². The van der Waals surface area contributed by atoms with E-state index in [1.165, 1.54) is 18.7 Å². The number of aliphatic hydroxyl groups excluding tert-OH is 1. The van der Waals surface area contributed by atoms with Crippen LogP contribution in [0.3, 0.4) is 0 Å². The SMILES string of the molecule is CC(=O)NC1CCSC1O. The minimum atomic E-state index is -0.399. The van der Waals surface area contributed by atoms with Crippen molar-refractivity contribution in [2.75, 3.05) is 5.75 Å². The standard InChI is InChI=1S/C6H11NO2S/c1-4(8)7-5-2-3-10-6(5)9/h5-6,9H,2-3H2,1H3,(H,7,8). The first kappa shape index (κ1) is 7.88. The van der Waals surface area contributed by atoms with Gasteiger partial charge in [-0.05, 0) is 12.2 Å². The zero-order valence-electron chi connectivity index (χ0n) is 5.83. The summed E-state index contributed by atoms with van der Waals surface area (Å²) in [6, 6.07) is -0.0255. The van der Waals surface area contributed by atoms with Gasteiger partial charge < -0.3 is 10.4 Å². The van der Waals surface area contributed by atoms with Crippen molar-refractivity contribution < 1.29 is 9.90 Å². The molecule has 1 saturated heterocycles. The van der Waals surface area contributed by atoms with Crippen LogP contribution < -0.4 is 5.32 Å². The fourth-order valence-corrected chi connectivity index (χ4v) is 2.05. The summed E-state index contributed by atoms with van der Waals surface area (Å²) in [6.07, 6.45) is 0.880. The summed E-state index contributed by atoms with van der Waals surface area (Å²) in [5.41, 5.74) is -0.399. The molecule has 4 heteroatoms. The van der Waals surface area contributed by atoms with Gasteiger partial charge in [-0.25, -0.2) is 0 Å². The fraction of sp³-hybridized carbons (Fsp3) is 0.833. The number of carbonyl (C=O) groups excluding carboxylic acids is 1. The molecule has 2 unspecified atom stereocenters. The third-order valence-corrected chi connectivity index (χ3v) is 2.59. The lowest BCUT2D eigenvalue weighted by atomic mass is 10.2. The molecule has 1 rings (SSSR count). The van der Waals surface area contributed by atoms with Gasteiger partial charge in [0.1, 0.15) is 5.44 Å². The number of amides is 1. The number of carbonyl (C=O) groups is 1. The number of aliphatic hydroxyl groups is 1. The Morgan fingerprint density at radius 2 is 2.50 bits per heavy atom. The number of nitrogens with one attached hydrogen (secondary N) is 1. The second-order valence-electron chi connectivity index (χ2n) is 2.36. The molecular weight excluding hydrogens is 150 g/mol. The van der Waals surface area contributed by atoms with Crippen molar-refractivity contribution in [1.82, 2.24) is 5.32 Å². The van der Waals surface area contributed by atoms with E-state index in [1.807, 2.05) is 0 Å². The van der Waals surface area contributed by atoms with Crippen LogP contribution in [0.25, 0.3) is 0 Å². The van der Waals surface area contributed by atoms with Gasteiger partial charge in [-0.1, -0.05) is 0 Å². The van der Waals surface area contributed by atoms with E-state index < -0.39 is 5.44 Å². The molecular formula is C6H11NO2S. The largest absolute Gasteiger partial charge is 0.380 e. The normalized spacial score (nSPS) is 32.2. The van der Waals surface area contributed by atoms with Crippen molar-refractivity contribution in [3.05, 3.63) is 0 Å². The van der Waals surface area contributed by atoms with E-state index >= 15 is 0 Å². The van der Waals surface area contributed by atoms with E-state index in [9.17, 15) is 9.90 Å². The number of hydrogen-bond donors (Lipinski definition) is 2. The molecule has 0 aromatic rings. The summed E-state index contributed by atoms with van der Waals surface area (Å²) in [6.45, 7) is 1.47. The third kappa shape index (κ3) is 1.88. The minimum Gasteiger partial charge on any atom is -0.380 e. The second-order valence-corrected chi connectivity index (χ2v) is 3.58. The average molecular weight is 161 g/mol. The van der Waals surface area contributed by atoms with Crippen molar-refractivity contribution in [2.24, 2.45) is 0 Å². The van der Waals surface area contributed by atoms with Crippen LogP contribution in [0.1, 0.15) is 13.3 Å². The van der Waals surface area contributed by atoms with Crippen molar-refractivity contribution >= 4 is 17.7 Å². The first-order valence-electron chi connectivity index (χ1n) is 3.27. The third-order valence-electron chi connectivity index (χ3n) is 1.45. The zero-order valence-corrected chi connectivity index (χ0v) is 6.65. The van der Waals surface area contributed by atoms with Crippen LogP contribution >= 0.6 is 11.8 Å². The monoisotopic (exact) mass is 161 g/mol. The number of hydrogen-bond acceptors (Lipinski definition) is 3. The highest BCUT2D eigenvalue weighted by Gasteiger charge is 2.25. The molecule has 1 aliphatic heterocycles. The Morgan fingerprint density at radius 3 is 2.90 bits per heavy atom. The topological polar surface area (TPSA) is 49.3 Å². The summed E-state index contributed by atoms with van der Waals surface area (Å²) in [4.78, 5) is 10.5. The molecule has 0 aromatic heterocycles. The molecule has 1 aliphatic rings. The van der Waals surface area contributed by atoms with Crippen molar-refractivity contribution in [2.45, 2.75) is 24.8 Å². The lowest BCUT2D eigenvalue weighted by Gasteiger charge is -2.13. The van der Waals surface area contributed by atoms with Gasteiger partial charge in [0.25, 0.3) is 0 Å². The minimum absolute atomic E-state index is 0.0255. The summed E-state index contributed by atoms with van der Waals surface area (Å²) in [5, 5.41) is 11.9. The van der Waals surface area contributed by atoms with Gasteiger partial charge in [0.15, 0.2) is 0 Å². The Balaban J connectivity index is 2.33. The summed E-state index contributed by atoms with van der Waals surface area (Å²) >= 11 is 1.49. The molecule has 0 aromatic carbocycles. The predicted molar refractivity (Wildman–Crippen MR) is 40.7 cm³/mol. The van der Waals surface area contributed by atoms with Gasteiger partial charge in [-0.15, -0.1) is 11.8 Å². The molecule has 10 heavy (non-hydrogen) atoms. The van der Waals surface area contributed by atoms with E-state index in [0.717, 1.165) is 12.2 Å². The number of rotatable bonds is 1. The van der Waals surface area contributed by atoms with Gasteiger partial charge >= 0.3 is 0 Å². The molecule has 1 amide bonds. The smallest absolute Gasteiger partial charge is 0.217 e. The first-order chi connectivity index (χ1) is 4.70. The molecule has 3 nitrogen and oxygen atoms in total. The maximum absolute atomic E-state index is 10.5.